The predicted octanol–water partition coefficient (Wildman–Crippen LogP) is 2.56. The van der Waals surface area contributed by atoms with Gasteiger partial charge in [0.1, 0.15) is 0 Å². The van der Waals surface area contributed by atoms with Crippen LogP contribution in [0.2, 0.25) is 0 Å². The summed E-state index contributed by atoms with van der Waals surface area (Å²) in [5, 5.41) is 13.1. The van der Waals surface area contributed by atoms with Gasteiger partial charge in [-0.2, -0.15) is 0 Å². The van der Waals surface area contributed by atoms with Crippen LogP contribution < -0.4 is 5.32 Å². The van der Waals surface area contributed by atoms with Gasteiger partial charge in [0.2, 0.25) is 0 Å². The number of hydrogen-bond acceptors (Lipinski definition) is 3. The fraction of sp³-hybridized carbons (Fsp3) is 0.375. The van der Waals surface area contributed by atoms with Crippen LogP contribution in [0.4, 0.5) is 4.79 Å². The maximum atomic E-state index is 12.0. The van der Waals surface area contributed by atoms with Gasteiger partial charge in [-0.15, -0.1) is 11.3 Å². The van der Waals surface area contributed by atoms with Crippen LogP contribution in [0.3, 0.4) is 0 Å². The maximum Gasteiger partial charge on any atom is 0.317 e. The molecule has 0 bridgehead atoms. The zero-order valence-corrected chi connectivity index (χ0v) is 12.9. The van der Waals surface area contributed by atoms with Crippen LogP contribution in [0.25, 0.3) is 10.1 Å². The largest absolute Gasteiger partial charge is 0.481 e. The lowest BCUT2D eigenvalue weighted by atomic mass is 10.1. The highest BCUT2D eigenvalue weighted by molar-refractivity contribution is 7.19. The van der Waals surface area contributed by atoms with Gasteiger partial charge in [-0.3, -0.25) is 4.79 Å². The van der Waals surface area contributed by atoms with E-state index in [1.165, 1.54) is 15.0 Å². The van der Waals surface area contributed by atoms with E-state index in [1.54, 1.807) is 16.2 Å². The molecule has 1 saturated heterocycles. The second-order valence-corrected chi connectivity index (χ2v) is 6.67. The predicted molar refractivity (Wildman–Crippen MR) is 86.2 cm³/mol. The van der Waals surface area contributed by atoms with Crippen molar-refractivity contribution in [3.8, 4) is 0 Å². The number of carboxylic acids is 1. The van der Waals surface area contributed by atoms with Crippen molar-refractivity contribution in [2.75, 3.05) is 19.6 Å². The Bertz CT molecular complexity index is 665. The molecule has 6 heteroatoms. The van der Waals surface area contributed by atoms with Crippen LogP contribution >= 0.6 is 11.3 Å². The Morgan fingerprint density at radius 2 is 2.18 bits per heavy atom. The molecular weight excluding hydrogens is 300 g/mol. The zero-order valence-electron chi connectivity index (χ0n) is 12.1. The van der Waals surface area contributed by atoms with Gasteiger partial charge in [-0.25, -0.2) is 4.79 Å². The smallest absolute Gasteiger partial charge is 0.317 e. The number of carboxylic acid groups (broad SMARTS) is 1. The quantitative estimate of drug-likeness (QED) is 0.910. The molecule has 0 radical (unpaired) electrons. The minimum absolute atomic E-state index is 0.162. The van der Waals surface area contributed by atoms with Crippen molar-refractivity contribution >= 4 is 33.4 Å². The first kappa shape index (κ1) is 14.8. The molecule has 0 saturated carbocycles. The summed E-state index contributed by atoms with van der Waals surface area (Å²) in [6.45, 7) is 1.40. The number of rotatable bonds is 4. The van der Waals surface area contributed by atoms with Crippen molar-refractivity contribution in [1.29, 1.82) is 0 Å². The third kappa shape index (κ3) is 3.22. The number of amides is 2. The fourth-order valence-corrected chi connectivity index (χ4v) is 3.77. The number of aliphatic carboxylic acids is 1. The molecule has 5 nitrogen and oxygen atoms in total. The Labute approximate surface area is 132 Å². The molecule has 1 unspecified atom stereocenters. The molecule has 3 rings (SSSR count). The summed E-state index contributed by atoms with van der Waals surface area (Å²) in [5.41, 5.74) is 0. The number of benzene rings is 1. The number of likely N-dealkylation sites (tertiary alicyclic amines) is 1. The van der Waals surface area contributed by atoms with Gasteiger partial charge in [0.05, 0.1) is 5.92 Å². The number of urea groups is 1. The molecule has 0 spiro atoms. The highest BCUT2D eigenvalue weighted by Gasteiger charge is 2.30. The topological polar surface area (TPSA) is 69.6 Å². The van der Waals surface area contributed by atoms with Crippen LogP contribution in [0.5, 0.6) is 0 Å². The molecule has 1 fully saturated rings. The number of nitrogens with one attached hydrogen (secondary N) is 1. The third-order valence-corrected chi connectivity index (χ3v) is 5.12. The summed E-state index contributed by atoms with van der Waals surface area (Å²) in [6.07, 6.45) is 1.33. The van der Waals surface area contributed by atoms with Crippen LogP contribution in [0.1, 0.15) is 11.3 Å². The van der Waals surface area contributed by atoms with Gasteiger partial charge < -0.3 is 15.3 Å². The summed E-state index contributed by atoms with van der Waals surface area (Å²) in [4.78, 5) is 25.7. The number of fused-ring (bicyclic) bond motifs is 1. The molecule has 1 aliphatic rings. The SMILES string of the molecule is O=C(O)C1CCN(C(=O)NCCc2cc3ccccc3s2)C1. The molecule has 2 aromatic rings. The lowest BCUT2D eigenvalue weighted by Gasteiger charge is -2.16. The third-order valence-electron chi connectivity index (χ3n) is 3.95. The molecule has 116 valence electrons. The first-order valence-corrected chi connectivity index (χ1v) is 8.18. The van der Waals surface area contributed by atoms with E-state index in [2.05, 4.69) is 23.5 Å². The van der Waals surface area contributed by atoms with Gasteiger partial charge in [0.25, 0.3) is 0 Å². The molecular formula is C16H18N2O3S. The second-order valence-electron chi connectivity index (χ2n) is 5.50. The number of thiophene rings is 1. The molecule has 22 heavy (non-hydrogen) atoms. The van der Waals surface area contributed by atoms with E-state index in [-0.39, 0.29) is 6.03 Å². The molecule has 2 heterocycles. The summed E-state index contributed by atoms with van der Waals surface area (Å²) in [7, 11) is 0. The van der Waals surface area contributed by atoms with Gasteiger partial charge in [-0.05, 0) is 30.4 Å². The molecule has 0 aliphatic carbocycles. The summed E-state index contributed by atoms with van der Waals surface area (Å²) in [5.74, 6) is -1.24. The number of carbonyl (C=O) groups excluding carboxylic acids is 1. The highest BCUT2D eigenvalue weighted by Crippen LogP contribution is 2.25. The van der Waals surface area contributed by atoms with E-state index in [0.717, 1.165) is 6.42 Å². The molecule has 1 aliphatic heterocycles. The first-order chi connectivity index (χ1) is 10.6. The van der Waals surface area contributed by atoms with E-state index in [4.69, 9.17) is 5.11 Å². The Kier molecular flexibility index (Phi) is 4.29. The number of nitrogens with zero attached hydrogens (tertiary/aromatic N) is 1. The van der Waals surface area contributed by atoms with Crippen molar-refractivity contribution in [2.24, 2.45) is 5.92 Å². The van der Waals surface area contributed by atoms with Gasteiger partial charge >= 0.3 is 12.0 Å². The van der Waals surface area contributed by atoms with E-state index in [9.17, 15) is 9.59 Å². The summed E-state index contributed by atoms with van der Waals surface area (Å²) in [6, 6.07) is 10.2. The number of carbonyl (C=O) groups is 2. The summed E-state index contributed by atoms with van der Waals surface area (Å²) >= 11 is 1.74. The van der Waals surface area contributed by atoms with Gasteiger partial charge in [0, 0.05) is 29.2 Å². The molecule has 1 aromatic carbocycles. The average Bonchev–Trinajstić information content (AvgIpc) is 3.13. The molecule has 1 aromatic heterocycles. The first-order valence-electron chi connectivity index (χ1n) is 7.36. The monoisotopic (exact) mass is 318 g/mol. The number of hydrogen-bond donors (Lipinski definition) is 2. The van der Waals surface area contributed by atoms with E-state index in [0.29, 0.717) is 26.1 Å². The van der Waals surface area contributed by atoms with Crippen molar-refractivity contribution in [3.63, 3.8) is 0 Å². The van der Waals surface area contributed by atoms with Crippen molar-refractivity contribution < 1.29 is 14.7 Å². The second kappa shape index (κ2) is 6.36. The minimum Gasteiger partial charge on any atom is -0.481 e. The van der Waals surface area contributed by atoms with Crippen LogP contribution in [0, 0.1) is 5.92 Å². The van der Waals surface area contributed by atoms with E-state index in [1.807, 2.05) is 12.1 Å². The lowest BCUT2D eigenvalue weighted by Crippen LogP contribution is -2.39. The van der Waals surface area contributed by atoms with Crippen molar-refractivity contribution in [3.05, 3.63) is 35.2 Å². The van der Waals surface area contributed by atoms with E-state index < -0.39 is 11.9 Å². The highest BCUT2D eigenvalue weighted by atomic mass is 32.1. The minimum atomic E-state index is -0.819. The summed E-state index contributed by atoms with van der Waals surface area (Å²) < 4.78 is 1.26. The Hall–Kier alpha value is -2.08. The lowest BCUT2D eigenvalue weighted by molar-refractivity contribution is -0.141. The normalized spacial score (nSPS) is 17.8. The Balaban J connectivity index is 1.48. The van der Waals surface area contributed by atoms with Crippen molar-refractivity contribution in [2.45, 2.75) is 12.8 Å². The average molecular weight is 318 g/mol. The van der Waals surface area contributed by atoms with Crippen LogP contribution in [-0.2, 0) is 11.2 Å². The zero-order chi connectivity index (χ0) is 15.5. The molecule has 1 atom stereocenters. The van der Waals surface area contributed by atoms with Gasteiger partial charge in [0.15, 0.2) is 0 Å². The fourth-order valence-electron chi connectivity index (χ4n) is 2.71. The van der Waals surface area contributed by atoms with Crippen LogP contribution in [-0.4, -0.2) is 41.6 Å². The van der Waals surface area contributed by atoms with E-state index >= 15 is 0 Å². The van der Waals surface area contributed by atoms with Crippen LogP contribution in [0.15, 0.2) is 30.3 Å². The van der Waals surface area contributed by atoms with Crippen molar-refractivity contribution in [1.82, 2.24) is 10.2 Å². The Morgan fingerprint density at radius 1 is 1.36 bits per heavy atom. The molecule has 2 N–H and O–H groups in total. The van der Waals surface area contributed by atoms with Gasteiger partial charge in [-0.1, -0.05) is 18.2 Å². The standard InChI is InChI=1S/C16H18N2O3S/c19-15(20)12-6-8-18(10-12)16(21)17-7-5-13-9-11-3-1-2-4-14(11)22-13/h1-4,9,12H,5-8,10H2,(H,17,21)(H,19,20). The Morgan fingerprint density at radius 3 is 2.91 bits per heavy atom. The maximum absolute atomic E-state index is 12.0. The molecule has 2 amide bonds.